The fourth-order valence-electron chi connectivity index (χ4n) is 1.79. The molecule has 3 N–H and O–H groups in total. The Morgan fingerprint density at radius 1 is 1.30 bits per heavy atom. The minimum Gasteiger partial charge on any atom is -0.495 e. The molecule has 5 heteroatoms. The van der Waals surface area contributed by atoms with Crippen LogP contribution in [0.15, 0.2) is 46.9 Å². The fourth-order valence-corrected chi connectivity index (χ4v) is 2.22. The van der Waals surface area contributed by atoms with Gasteiger partial charge in [0.1, 0.15) is 5.75 Å². The second kappa shape index (κ2) is 6.43. The number of methoxy groups -OCH3 is 1. The predicted molar refractivity (Wildman–Crippen MR) is 82.7 cm³/mol. The van der Waals surface area contributed by atoms with Crippen LogP contribution >= 0.6 is 15.9 Å². The lowest BCUT2D eigenvalue weighted by Crippen LogP contribution is -2.23. The highest BCUT2D eigenvalue weighted by atomic mass is 79.9. The van der Waals surface area contributed by atoms with E-state index in [1.54, 1.807) is 25.3 Å². The van der Waals surface area contributed by atoms with Crippen molar-refractivity contribution in [2.75, 3.05) is 12.8 Å². The van der Waals surface area contributed by atoms with Crippen molar-refractivity contribution >= 4 is 27.5 Å². The Kier molecular flexibility index (Phi) is 4.63. The number of nitrogens with one attached hydrogen (secondary N) is 1. The maximum Gasteiger partial charge on any atom is 0.251 e. The highest BCUT2D eigenvalue weighted by Gasteiger charge is 2.09. The van der Waals surface area contributed by atoms with Crippen molar-refractivity contribution in [1.29, 1.82) is 0 Å². The van der Waals surface area contributed by atoms with Crippen LogP contribution in [0.3, 0.4) is 0 Å². The fraction of sp³-hybridized carbons (Fsp3) is 0.133. The number of halogens is 1. The van der Waals surface area contributed by atoms with Gasteiger partial charge >= 0.3 is 0 Å². The van der Waals surface area contributed by atoms with Crippen molar-refractivity contribution in [1.82, 2.24) is 5.32 Å². The lowest BCUT2D eigenvalue weighted by atomic mass is 10.1. The monoisotopic (exact) mass is 334 g/mol. The maximum atomic E-state index is 12.1. The highest BCUT2D eigenvalue weighted by molar-refractivity contribution is 9.10. The zero-order valence-electron chi connectivity index (χ0n) is 11.0. The van der Waals surface area contributed by atoms with Gasteiger partial charge in [0.2, 0.25) is 0 Å². The second-order valence-electron chi connectivity index (χ2n) is 4.23. The van der Waals surface area contributed by atoms with Gasteiger partial charge in [0, 0.05) is 16.6 Å². The third-order valence-corrected chi connectivity index (χ3v) is 3.66. The smallest absolute Gasteiger partial charge is 0.251 e. The van der Waals surface area contributed by atoms with E-state index in [1.807, 2.05) is 24.3 Å². The Morgan fingerprint density at radius 3 is 2.70 bits per heavy atom. The first kappa shape index (κ1) is 14.4. The standard InChI is InChI=1S/C15H15BrN2O2/c1-20-14-7-6-10(8-13(14)17)15(19)18-9-11-4-2-3-5-12(11)16/h2-8H,9,17H2,1H3,(H,18,19). The molecule has 0 atom stereocenters. The molecule has 0 aliphatic carbocycles. The molecule has 0 aromatic heterocycles. The molecule has 20 heavy (non-hydrogen) atoms. The highest BCUT2D eigenvalue weighted by Crippen LogP contribution is 2.22. The number of carbonyl (C=O) groups is 1. The number of ether oxygens (including phenoxy) is 1. The van der Waals surface area contributed by atoms with E-state index in [0.29, 0.717) is 23.5 Å². The van der Waals surface area contributed by atoms with E-state index in [9.17, 15) is 4.79 Å². The van der Waals surface area contributed by atoms with Crippen molar-refractivity contribution in [2.45, 2.75) is 6.54 Å². The molecule has 2 rings (SSSR count). The van der Waals surface area contributed by atoms with Gasteiger partial charge in [0.05, 0.1) is 12.8 Å². The number of carbonyl (C=O) groups excluding carboxylic acids is 1. The molecule has 0 radical (unpaired) electrons. The Hall–Kier alpha value is -2.01. The molecule has 0 fully saturated rings. The van der Waals surface area contributed by atoms with Crippen molar-refractivity contribution in [3.63, 3.8) is 0 Å². The second-order valence-corrected chi connectivity index (χ2v) is 5.09. The van der Waals surface area contributed by atoms with E-state index in [2.05, 4.69) is 21.2 Å². The summed E-state index contributed by atoms with van der Waals surface area (Å²) in [5.74, 6) is 0.391. The van der Waals surface area contributed by atoms with E-state index in [0.717, 1.165) is 10.0 Å². The summed E-state index contributed by atoms with van der Waals surface area (Å²) in [6.45, 7) is 0.451. The van der Waals surface area contributed by atoms with Crippen molar-refractivity contribution < 1.29 is 9.53 Å². The summed E-state index contributed by atoms with van der Waals surface area (Å²) in [5.41, 5.74) is 7.76. The van der Waals surface area contributed by atoms with Crippen LogP contribution in [0.2, 0.25) is 0 Å². The zero-order chi connectivity index (χ0) is 14.5. The molecular formula is C15H15BrN2O2. The summed E-state index contributed by atoms with van der Waals surface area (Å²) >= 11 is 3.45. The van der Waals surface area contributed by atoms with Gasteiger partial charge in [0.15, 0.2) is 0 Å². The summed E-state index contributed by atoms with van der Waals surface area (Å²) in [4.78, 5) is 12.1. The normalized spacial score (nSPS) is 10.1. The molecular weight excluding hydrogens is 320 g/mol. The van der Waals surface area contributed by atoms with Crippen LogP contribution in [0.1, 0.15) is 15.9 Å². The molecule has 104 valence electrons. The average Bonchev–Trinajstić information content (AvgIpc) is 2.46. The number of anilines is 1. The molecule has 4 nitrogen and oxygen atoms in total. The maximum absolute atomic E-state index is 12.1. The van der Waals surface area contributed by atoms with Gasteiger partial charge in [-0.3, -0.25) is 4.79 Å². The molecule has 0 bridgehead atoms. The van der Waals surface area contributed by atoms with Gasteiger partial charge < -0.3 is 15.8 Å². The van der Waals surface area contributed by atoms with E-state index in [4.69, 9.17) is 10.5 Å². The summed E-state index contributed by atoms with van der Waals surface area (Å²) in [7, 11) is 1.54. The third-order valence-electron chi connectivity index (χ3n) is 2.89. The Morgan fingerprint density at radius 2 is 2.05 bits per heavy atom. The molecule has 1 amide bonds. The topological polar surface area (TPSA) is 64.3 Å². The Balaban J connectivity index is 2.05. The van der Waals surface area contributed by atoms with Crippen LogP contribution in [-0.4, -0.2) is 13.0 Å². The molecule has 0 aliphatic heterocycles. The van der Waals surface area contributed by atoms with Gasteiger partial charge in [-0.1, -0.05) is 34.1 Å². The molecule has 0 heterocycles. The van der Waals surface area contributed by atoms with Gasteiger partial charge in [-0.2, -0.15) is 0 Å². The third kappa shape index (κ3) is 3.30. The quantitative estimate of drug-likeness (QED) is 0.845. The van der Waals surface area contributed by atoms with Gasteiger partial charge in [-0.25, -0.2) is 0 Å². The van der Waals surface area contributed by atoms with Crippen LogP contribution in [0.4, 0.5) is 5.69 Å². The minimum atomic E-state index is -0.171. The predicted octanol–water partition coefficient (Wildman–Crippen LogP) is 2.97. The molecule has 2 aromatic rings. The first-order valence-corrected chi connectivity index (χ1v) is 6.86. The molecule has 0 saturated carbocycles. The summed E-state index contributed by atoms with van der Waals surface area (Å²) < 4.78 is 6.03. The van der Waals surface area contributed by atoms with Gasteiger partial charge in [-0.05, 0) is 29.8 Å². The Labute approximate surface area is 126 Å². The first-order valence-electron chi connectivity index (χ1n) is 6.07. The number of rotatable bonds is 4. The lowest BCUT2D eigenvalue weighted by molar-refractivity contribution is 0.0951. The number of hydrogen-bond acceptors (Lipinski definition) is 3. The molecule has 0 spiro atoms. The summed E-state index contributed by atoms with van der Waals surface area (Å²) in [5, 5.41) is 2.86. The van der Waals surface area contributed by atoms with Gasteiger partial charge in [0.25, 0.3) is 5.91 Å². The van der Waals surface area contributed by atoms with Crippen molar-refractivity contribution in [3.8, 4) is 5.75 Å². The molecule has 0 aliphatic rings. The number of benzene rings is 2. The molecule has 0 unspecified atom stereocenters. The van der Waals surface area contributed by atoms with Crippen LogP contribution in [0.5, 0.6) is 5.75 Å². The van der Waals surface area contributed by atoms with Crippen LogP contribution < -0.4 is 15.8 Å². The van der Waals surface area contributed by atoms with Gasteiger partial charge in [-0.15, -0.1) is 0 Å². The van der Waals surface area contributed by atoms with Crippen LogP contribution in [0.25, 0.3) is 0 Å². The largest absolute Gasteiger partial charge is 0.495 e. The summed E-state index contributed by atoms with van der Waals surface area (Å²) in [6.07, 6.45) is 0. The molecule has 2 aromatic carbocycles. The first-order chi connectivity index (χ1) is 9.61. The number of nitrogens with two attached hydrogens (primary N) is 1. The minimum absolute atomic E-state index is 0.171. The van der Waals surface area contributed by atoms with Crippen LogP contribution in [0, 0.1) is 0 Å². The van der Waals surface area contributed by atoms with Crippen molar-refractivity contribution in [2.24, 2.45) is 0 Å². The SMILES string of the molecule is COc1ccc(C(=O)NCc2ccccc2Br)cc1N. The number of hydrogen-bond donors (Lipinski definition) is 2. The van der Waals surface area contributed by atoms with E-state index in [1.165, 1.54) is 0 Å². The van der Waals surface area contributed by atoms with Crippen molar-refractivity contribution in [3.05, 3.63) is 58.1 Å². The number of nitrogen functional groups attached to an aromatic ring is 1. The van der Waals surface area contributed by atoms with E-state index >= 15 is 0 Å². The molecule has 0 saturated heterocycles. The van der Waals surface area contributed by atoms with E-state index in [-0.39, 0.29) is 5.91 Å². The lowest BCUT2D eigenvalue weighted by Gasteiger charge is -2.09. The van der Waals surface area contributed by atoms with E-state index < -0.39 is 0 Å². The Bertz CT molecular complexity index is 629. The average molecular weight is 335 g/mol. The zero-order valence-corrected chi connectivity index (χ0v) is 12.6. The number of amides is 1. The van der Waals surface area contributed by atoms with Crippen LogP contribution in [-0.2, 0) is 6.54 Å². The summed E-state index contributed by atoms with van der Waals surface area (Å²) in [6, 6.07) is 12.7.